The number of aryl methyl sites for hydroxylation is 2. The Kier molecular flexibility index (Phi) is 4.57. The first-order chi connectivity index (χ1) is 9.78. The number of hydrogen-bond acceptors (Lipinski definition) is 2. The zero-order valence-corrected chi connectivity index (χ0v) is 14.1. The molecule has 1 aliphatic carbocycles. The van der Waals surface area contributed by atoms with Crippen LogP contribution in [0.2, 0.25) is 0 Å². The van der Waals surface area contributed by atoms with Crippen molar-refractivity contribution in [2.24, 2.45) is 5.41 Å². The molecule has 2 nitrogen and oxygen atoms in total. The topological polar surface area (TPSA) is 26.3 Å². The molecule has 21 heavy (non-hydrogen) atoms. The summed E-state index contributed by atoms with van der Waals surface area (Å²) >= 11 is 0. The van der Waals surface area contributed by atoms with Crippen molar-refractivity contribution >= 4 is 5.78 Å². The standard InChI is InChI=1S/C19H28O2/c1-6-21-19(9-7-18(4,5)8-10-19)17(20)16-12-14(2)11-15(3)13-16/h11-13H,6-10H2,1-5H3. The van der Waals surface area contributed by atoms with E-state index in [1.807, 2.05) is 32.9 Å². The van der Waals surface area contributed by atoms with Gasteiger partial charge in [-0.3, -0.25) is 4.79 Å². The first kappa shape index (κ1) is 16.2. The molecular formula is C19H28O2. The summed E-state index contributed by atoms with van der Waals surface area (Å²) in [5, 5.41) is 0. The number of ether oxygens (including phenoxy) is 1. The van der Waals surface area contributed by atoms with E-state index < -0.39 is 5.60 Å². The molecule has 1 saturated carbocycles. The molecule has 0 N–H and O–H groups in total. The van der Waals surface area contributed by atoms with Gasteiger partial charge in [-0.1, -0.05) is 31.0 Å². The summed E-state index contributed by atoms with van der Waals surface area (Å²) in [5.74, 6) is 0.173. The van der Waals surface area contributed by atoms with Gasteiger partial charge in [0, 0.05) is 12.2 Å². The fourth-order valence-corrected chi connectivity index (χ4v) is 3.41. The van der Waals surface area contributed by atoms with Gasteiger partial charge >= 0.3 is 0 Å². The van der Waals surface area contributed by atoms with Crippen LogP contribution in [0.5, 0.6) is 0 Å². The summed E-state index contributed by atoms with van der Waals surface area (Å²) in [6.07, 6.45) is 3.76. The van der Waals surface area contributed by atoms with Crippen molar-refractivity contribution in [1.82, 2.24) is 0 Å². The average molecular weight is 288 g/mol. The fourth-order valence-electron chi connectivity index (χ4n) is 3.41. The summed E-state index contributed by atoms with van der Waals surface area (Å²) in [6.45, 7) is 11.2. The molecule has 1 aromatic carbocycles. The Bertz CT molecular complexity index is 498. The lowest BCUT2D eigenvalue weighted by atomic mass is 9.68. The molecule has 0 radical (unpaired) electrons. The second-order valence-corrected chi connectivity index (χ2v) is 7.30. The Balaban J connectivity index is 2.32. The van der Waals surface area contributed by atoms with Crippen LogP contribution in [-0.2, 0) is 4.74 Å². The highest BCUT2D eigenvalue weighted by atomic mass is 16.5. The minimum atomic E-state index is -0.607. The molecule has 1 aromatic rings. The molecule has 0 amide bonds. The van der Waals surface area contributed by atoms with E-state index in [2.05, 4.69) is 19.9 Å². The van der Waals surface area contributed by atoms with E-state index in [1.165, 1.54) is 0 Å². The maximum atomic E-state index is 13.1. The molecule has 2 heteroatoms. The highest BCUT2D eigenvalue weighted by molar-refractivity contribution is 6.02. The molecule has 0 heterocycles. The van der Waals surface area contributed by atoms with Crippen molar-refractivity contribution in [3.63, 3.8) is 0 Å². The fraction of sp³-hybridized carbons (Fsp3) is 0.632. The Morgan fingerprint density at radius 3 is 2.05 bits per heavy atom. The predicted molar refractivity (Wildman–Crippen MR) is 86.9 cm³/mol. The van der Waals surface area contributed by atoms with Gasteiger partial charge in [-0.15, -0.1) is 0 Å². The normalized spacial score (nSPS) is 20.2. The third-order valence-electron chi connectivity index (χ3n) is 4.73. The predicted octanol–water partition coefficient (Wildman–Crippen LogP) is 4.86. The minimum Gasteiger partial charge on any atom is -0.367 e. The van der Waals surface area contributed by atoms with E-state index in [0.29, 0.717) is 12.0 Å². The summed E-state index contributed by atoms with van der Waals surface area (Å²) in [5.41, 5.74) is 2.80. The van der Waals surface area contributed by atoms with Gasteiger partial charge in [0.1, 0.15) is 5.60 Å². The summed E-state index contributed by atoms with van der Waals surface area (Å²) in [4.78, 5) is 13.1. The van der Waals surface area contributed by atoms with Gasteiger partial charge in [-0.2, -0.15) is 0 Å². The van der Waals surface area contributed by atoms with Gasteiger partial charge in [0.05, 0.1) is 0 Å². The van der Waals surface area contributed by atoms with Crippen molar-refractivity contribution in [2.45, 2.75) is 65.9 Å². The SMILES string of the molecule is CCOC1(C(=O)c2cc(C)cc(C)c2)CCC(C)(C)CC1. The van der Waals surface area contributed by atoms with Crippen LogP contribution in [0.4, 0.5) is 0 Å². The molecule has 0 bridgehead atoms. The van der Waals surface area contributed by atoms with Crippen molar-refractivity contribution < 1.29 is 9.53 Å². The molecule has 0 aliphatic heterocycles. The number of carbonyl (C=O) groups is 1. The third-order valence-corrected chi connectivity index (χ3v) is 4.73. The van der Waals surface area contributed by atoms with Crippen LogP contribution in [0.15, 0.2) is 18.2 Å². The molecule has 0 unspecified atom stereocenters. The van der Waals surface area contributed by atoms with Crippen LogP contribution < -0.4 is 0 Å². The van der Waals surface area contributed by atoms with E-state index in [4.69, 9.17) is 4.74 Å². The van der Waals surface area contributed by atoms with Crippen LogP contribution in [-0.4, -0.2) is 18.0 Å². The van der Waals surface area contributed by atoms with E-state index in [-0.39, 0.29) is 5.78 Å². The molecular weight excluding hydrogens is 260 g/mol. The third kappa shape index (κ3) is 3.55. The van der Waals surface area contributed by atoms with Crippen LogP contribution in [0, 0.1) is 19.3 Å². The van der Waals surface area contributed by atoms with Crippen molar-refractivity contribution in [1.29, 1.82) is 0 Å². The number of rotatable bonds is 4. The van der Waals surface area contributed by atoms with Gasteiger partial charge in [0.15, 0.2) is 5.78 Å². The highest BCUT2D eigenvalue weighted by Crippen LogP contribution is 2.43. The average Bonchev–Trinajstić information content (AvgIpc) is 2.40. The maximum Gasteiger partial charge on any atom is 0.194 e. The number of carbonyl (C=O) groups excluding carboxylic acids is 1. The Morgan fingerprint density at radius 2 is 1.57 bits per heavy atom. The molecule has 116 valence electrons. The van der Waals surface area contributed by atoms with E-state index in [9.17, 15) is 4.79 Å². The second-order valence-electron chi connectivity index (χ2n) is 7.30. The molecule has 0 spiro atoms. The van der Waals surface area contributed by atoms with Crippen LogP contribution in [0.1, 0.15) is 67.9 Å². The van der Waals surface area contributed by atoms with Gasteiger partial charge in [-0.05, 0) is 64.0 Å². The molecule has 0 saturated heterocycles. The number of benzene rings is 1. The Labute approximate surface area is 128 Å². The Morgan fingerprint density at radius 1 is 1.05 bits per heavy atom. The van der Waals surface area contributed by atoms with Crippen molar-refractivity contribution in [3.8, 4) is 0 Å². The van der Waals surface area contributed by atoms with Gasteiger partial charge in [0.25, 0.3) is 0 Å². The maximum absolute atomic E-state index is 13.1. The molecule has 2 rings (SSSR count). The van der Waals surface area contributed by atoms with Crippen LogP contribution in [0.3, 0.4) is 0 Å². The number of ketones is 1. The molecule has 1 aliphatic rings. The molecule has 0 aromatic heterocycles. The first-order valence-electron chi connectivity index (χ1n) is 8.05. The van der Waals surface area contributed by atoms with Gasteiger partial charge < -0.3 is 4.74 Å². The second kappa shape index (κ2) is 5.92. The van der Waals surface area contributed by atoms with E-state index >= 15 is 0 Å². The van der Waals surface area contributed by atoms with E-state index in [0.717, 1.165) is 42.4 Å². The summed E-state index contributed by atoms with van der Waals surface area (Å²) < 4.78 is 6.01. The largest absolute Gasteiger partial charge is 0.367 e. The zero-order valence-electron chi connectivity index (χ0n) is 14.1. The first-order valence-corrected chi connectivity index (χ1v) is 8.05. The lowest BCUT2D eigenvalue weighted by Gasteiger charge is -2.42. The van der Waals surface area contributed by atoms with E-state index in [1.54, 1.807) is 0 Å². The number of Topliss-reactive ketones (excluding diaryl/α,β-unsaturated/α-hetero) is 1. The van der Waals surface area contributed by atoms with Crippen molar-refractivity contribution in [2.75, 3.05) is 6.61 Å². The summed E-state index contributed by atoms with van der Waals surface area (Å²) in [7, 11) is 0. The molecule has 1 fully saturated rings. The minimum absolute atomic E-state index is 0.173. The molecule has 0 atom stereocenters. The monoisotopic (exact) mass is 288 g/mol. The quantitative estimate of drug-likeness (QED) is 0.739. The Hall–Kier alpha value is -1.15. The van der Waals surface area contributed by atoms with Gasteiger partial charge in [0.2, 0.25) is 0 Å². The van der Waals surface area contributed by atoms with Gasteiger partial charge in [-0.25, -0.2) is 0 Å². The lowest BCUT2D eigenvalue weighted by molar-refractivity contribution is -0.0580. The number of hydrogen-bond donors (Lipinski definition) is 0. The van der Waals surface area contributed by atoms with Crippen molar-refractivity contribution in [3.05, 3.63) is 34.9 Å². The lowest BCUT2D eigenvalue weighted by Crippen LogP contribution is -2.46. The highest BCUT2D eigenvalue weighted by Gasteiger charge is 2.44. The zero-order chi connectivity index (χ0) is 15.7. The van der Waals surface area contributed by atoms with Crippen LogP contribution in [0.25, 0.3) is 0 Å². The summed E-state index contributed by atoms with van der Waals surface area (Å²) in [6, 6.07) is 6.10. The van der Waals surface area contributed by atoms with Crippen LogP contribution >= 0.6 is 0 Å². The smallest absolute Gasteiger partial charge is 0.194 e.